The second-order valence-electron chi connectivity index (χ2n) is 4.76. The molecule has 1 N–H and O–H groups in total. The second kappa shape index (κ2) is 4.33. The minimum Gasteiger partial charge on any atom is -0.383 e. The normalized spacial score (nSPS) is 33.5. The number of hydrogen-bond donors (Lipinski definition) is 1. The molecule has 0 radical (unpaired) electrons. The first-order chi connectivity index (χ1) is 7.51. The summed E-state index contributed by atoms with van der Waals surface area (Å²) in [7, 11) is 0. The number of halogens is 6. The van der Waals surface area contributed by atoms with E-state index >= 15 is 0 Å². The van der Waals surface area contributed by atoms with Crippen LogP contribution in [0.5, 0.6) is 0 Å². The Morgan fingerprint density at radius 2 is 1.76 bits per heavy atom. The lowest BCUT2D eigenvalue weighted by molar-refractivity contribution is -0.300. The molecule has 0 aliphatic heterocycles. The summed E-state index contributed by atoms with van der Waals surface area (Å²) in [5.74, 6) is -5.15. The van der Waals surface area contributed by atoms with Crippen molar-refractivity contribution < 1.29 is 31.4 Å². The van der Waals surface area contributed by atoms with Gasteiger partial charge in [0.2, 0.25) is 0 Å². The maximum absolute atomic E-state index is 13.4. The fourth-order valence-electron chi connectivity index (χ4n) is 2.27. The Morgan fingerprint density at radius 1 is 1.24 bits per heavy atom. The monoisotopic (exact) mass is 264 g/mol. The molecule has 1 rings (SSSR count). The molecule has 0 spiro atoms. The molecule has 3 unspecified atom stereocenters. The van der Waals surface area contributed by atoms with Crippen LogP contribution in [0.3, 0.4) is 0 Å². The molecule has 0 aromatic rings. The Morgan fingerprint density at radius 3 is 2.18 bits per heavy atom. The van der Waals surface area contributed by atoms with Crippen molar-refractivity contribution in [1.29, 1.82) is 0 Å². The Kier molecular flexibility index (Phi) is 3.72. The number of hydrogen-bond acceptors (Lipinski definition) is 1. The molecule has 1 saturated carbocycles. The summed E-state index contributed by atoms with van der Waals surface area (Å²) in [6, 6.07) is 0. The molecule has 1 fully saturated rings. The molecule has 1 nitrogen and oxygen atoms in total. The molecule has 17 heavy (non-hydrogen) atoms. The van der Waals surface area contributed by atoms with Gasteiger partial charge in [0.25, 0.3) is 6.17 Å². The predicted molar refractivity (Wildman–Crippen MR) is 48.5 cm³/mol. The van der Waals surface area contributed by atoms with Crippen LogP contribution in [-0.2, 0) is 0 Å². The van der Waals surface area contributed by atoms with Crippen LogP contribution in [0, 0.1) is 5.92 Å². The Labute approximate surface area is 94.8 Å². The van der Waals surface area contributed by atoms with E-state index in [-0.39, 0.29) is 12.3 Å². The van der Waals surface area contributed by atoms with Gasteiger partial charge in [0, 0.05) is 0 Å². The van der Waals surface area contributed by atoms with Crippen LogP contribution < -0.4 is 0 Å². The Hall–Kier alpha value is -0.460. The van der Waals surface area contributed by atoms with E-state index in [1.807, 2.05) is 0 Å². The molecule has 102 valence electrons. The van der Waals surface area contributed by atoms with Gasteiger partial charge in [-0.2, -0.15) is 22.0 Å². The fourth-order valence-corrected chi connectivity index (χ4v) is 2.27. The van der Waals surface area contributed by atoms with Crippen molar-refractivity contribution in [3.05, 3.63) is 0 Å². The standard InChI is InChI=1S/C10H14F6O/c1-6-3-2-4-8(17,5-6)9(12,13)7(11)10(14,15)16/h6-7,17H,2-5H2,1H3. The van der Waals surface area contributed by atoms with Gasteiger partial charge in [-0.15, -0.1) is 0 Å². The van der Waals surface area contributed by atoms with Crippen LogP contribution in [0.15, 0.2) is 0 Å². The fraction of sp³-hybridized carbons (Fsp3) is 1.00. The quantitative estimate of drug-likeness (QED) is 0.757. The summed E-state index contributed by atoms with van der Waals surface area (Å²) in [4.78, 5) is 0. The van der Waals surface area contributed by atoms with E-state index in [4.69, 9.17) is 0 Å². The summed E-state index contributed by atoms with van der Waals surface area (Å²) < 4.78 is 75.6. The zero-order chi connectivity index (χ0) is 13.5. The van der Waals surface area contributed by atoms with Gasteiger partial charge in [0.1, 0.15) is 5.60 Å². The van der Waals surface area contributed by atoms with Crippen LogP contribution in [-0.4, -0.2) is 29.0 Å². The lowest BCUT2D eigenvalue weighted by Gasteiger charge is -2.42. The highest BCUT2D eigenvalue weighted by Crippen LogP contribution is 2.48. The van der Waals surface area contributed by atoms with Crippen LogP contribution in [0.1, 0.15) is 32.6 Å². The first-order valence-corrected chi connectivity index (χ1v) is 5.32. The predicted octanol–water partition coefficient (Wildman–Crippen LogP) is 3.46. The molecular formula is C10H14F6O. The average molecular weight is 264 g/mol. The van der Waals surface area contributed by atoms with E-state index in [1.165, 1.54) is 0 Å². The molecule has 0 amide bonds. The number of alkyl halides is 6. The lowest BCUT2D eigenvalue weighted by Crippen LogP contribution is -2.59. The molecule has 0 aromatic carbocycles. The summed E-state index contributed by atoms with van der Waals surface area (Å²) in [5.41, 5.74) is -2.90. The highest BCUT2D eigenvalue weighted by Gasteiger charge is 2.66. The Balaban J connectivity index is 2.95. The molecule has 0 heterocycles. The molecular weight excluding hydrogens is 250 g/mol. The summed E-state index contributed by atoms with van der Waals surface area (Å²) in [6.45, 7) is 1.54. The topological polar surface area (TPSA) is 20.2 Å². The van der Waals surface area contributed by atoms with Gasteiger partial charge in [0.05, 0.1) is 0 Å². The molecule has 0 saturated heterocycles. The highest BCUT2D eigenvalue weighted by molar-refractivity contribution is 5.02. The lowest BCUT2D eigenvalue weighted by atomic mass is 9.74. The summed E-state index contributed by atoms with van der Waals surface area (Å²) in [6.07, 6.45) is -10.3. The van der Waals surface area contributed by atoms with Gasteiger partial charge in [-0.3, -0.25) is 0 Å². The summed E-state index contributed by atoms with van der Waals surface area (Å²) in [5, 5.41) is 9.61. The third-order valence-corrected chi connectivity index (χ3v) is 3.20. The van der Waals surface area contributed by atoms with E-state index in [2.05, 4.69) is 0 Å². The maximum atomic E-state index is 13.4. The van der Waals surface area contributed by atoms with E-state index in [9.17, 15) is 31.4 Å². The van der Waals surface area contributed by atoms with Crippen LogP contribution >= 0.6 is 0 Å². The van der Waals surface area contributed by atoms with Crippen molar-refractivity contribution in [3.8, 4) is 0 Å². The second-order valence-corrected chi connectivity index (χ2v) is 4.76. The molecule has 7 heteroatoms. The Bertz CT molecular complexity index is 276. The third-order valence-electron chi connectivity index (χ3n) is 3.20. The maximum Gasteiger partial charge on any atom is 0.425 e. The first-order valence-electron chi connectivity index (χ1n) is 5.32. The molecule has 1 aliphatic carbocycles. The van der Waals surface area contributed by atoms with E-state index in [1.54, 1.807) is 6.92 Å². The average Bonchev–Trinajstić information content (AvgIpc) is 2.14. The highest BCUT2D eigenvalue weighted by atomic mass is 19.4. The SMILES string of the molecule is CC1CCCC(O)(C(F)(F)C(F)C(F)(F)F)C1. The third kappa shape index (κ3) is 2.69. The van der Waals surface area contributed by atoms with Crippen molar-refractivity contribution in [2.75, 3.05) is 0 Å². The minimum atomic E-state index is -5.67. The van der Waals surface area contributed by atoms with Crippen LogP contribution in [0.25, 0.3) is 0 Å². The molecule has 3 atom stereocenters. The van der Waals surface area contributed by atoms with Gasteiger partial charge < -0.3 is 5.11 Å². The van der Waals surface area contributed by atoms with Gasteiger partial charge in [-0.25, -0.2) is 4.39 Å². The van der Waals surface area contributed by atoms with Crippen molar-refractivity contribution >= 4 is 0 Å². The van der Waals surface area contributed by atoms with Crippen LogP contribution in [0.4, 0.5) is 26.3 Å². The van der Waals surface area contributed by atoms with E-state index < -0.39 is 36.7 Å². The molecule has 1 aliphatic rings. The van der Waals surface area contributed by atoms with E-state index in [0.717, 1.165) is 0 Å². The smallest absolute Gasteiger partial charge is 0.383 e. The van der Waals surface area contributed by atoms with Crippen molar-refractivity contribution in [3.63, 3.8) is 0 Å². The van der Waals surface area contributed by atoms with Gasteiger partial charge in [-0.1, -0.05) is 19.8 Å². The van der Waals surface area contributed by atoms with Gasteiger partial charge in [-0.05, 0) is 18.8 Å². The zero-order valence-electron chi connectivity index (χ0n) is 9.20. The molecule has 0 bridgehead atoms. The van der Waals surface area contributed by atoms with Gasteiger partial charge in [0.15, 0.2) is 0 Å². The zero-order valence-corrected chi connectivity index (χ0v) is 9.20. The van der Waals surface area contributed by atoms with Crippen molar-refractivity contribution in [1.82, 2.24) is 0 Å². The minimum absolute atomic E-state index is 0.165. The van der Waals surface area contributed by atoms with Gasteiger partial charge >= 0.3 is 12.1 Å². The first kappa shape index (κ1) is 14.6. The number of aliphatic hydroxyl groups is 1. The van der Waals surface area contributed by atoms with Crippen LogP contribution in [0.2, 0.25) is 0 Å². The number of rotatable bonds is 2. The van der Waals surface area contributed by atoms with Crippen molar-refractivity contribution in [2.45, 2.75) is 56.5 Å². The molecule has 0 aromatic heterocycles. The van der Waals surface area contributed by atoms with E-state index in [0.29, 0.717) is 6.42 Å². The largest absolute Gasteiger partial charge is 0.425 e. The summed E-state index contributed by atoms with van der Waals surface area (Å²) >= 11 is 0. The van der Waals surface area contributed by atoms with Crippen molar-refractivity contribution in [2.24, 2.45) is 5.92 Å².